The number of hydrogen-bond acceptors (Lipinski definition) is 2. The minimum absolute atomic E-state index is 0.0811. The van der Waals surface area contributed by atoms with E-state index in [1.165, 1.54) is 106 Å². The minimum Gasteiger partial charge on any atom is -0.311 e. The molecule has 2 aliphatic rings. The van der Waals surface area contributed by atoms with Crippen molar-refractivity contribution in [2.75, 3.05) is 9.80 Å². The van der Waals surface area contributed by atoms with Gasteiger partial charge in [-0.3, -0.25) is 0 Å². The van der Waals surface area contributed by atoms with Crippen LogP contribution in [0, 0.1) is 41.5 Å². The number of benzene rings is 7. The first-order valence-corrected chi connectivity index (χ1v) is 18.0. The molecule has 0 atom stereocenters. The molecule has 0 fully saturated rings. The molecule has 2 nitrogen and oxygen atoms in total. The Morgan fingerprint density at radius 1 is 0.353 bits per heavy atom. The molecule has 246 valence electrons. The Balaban J connectivity index is 1.42. The molecule has 3 heteroatoms. The van der Waals surface area contributed by atoms with Crippen LogP contribution >= 0.6 is 0 Å². The van der Waals surface area contributed by atoms with Crippen LogP contribution in [0.2, 0.25) is 0 Å². The van der Waals surface area contributed by atoms with Crippen LogP contribution in [0.3, 0.4) is 0 Å². The molecule has 0 spiro atoms. The van der Waals surface area contributed by atoms with E-state index in [0.29, 0.717) is 0 Å². The molecule has 0 bridgehead atoms. The molecule has 0 amide bonds. The summed E-state index contributed by atoms with van der Waals surface area (Å²) >= 11 is 0. The predicted molar refractivity (Wildman–Crippen MR) is 220 cm³/mol. The van der Waals surface area contributed by atoms with E-state index in [-0.39, 0.29) is 6.71 Å². The summed E-state index contributed by atoms with van der Waals surface area (Å²) in [4.78, 5) is 5.07. The van der Waals surface area contributed by atoms with E-state index in [0.717, 1.165) is 0 Å². The van der Waals surface area contributed by atoms with Gasteiger partial charge in [0.1, 0.15) is 0 Å². The maximum Gasteiger partial charge on any atom is 0.252 e. The van der Waals surface area contributed by atoms with Crippen LogP contribution < -0.4 is 26.2 Å². The van der Waals surface area contributed by atoms with E-state index in [1.807, 2.05) is 0 Å². The van der Waals surface area contributed by atoms with Crippen molar-refractivity contribution >= 4 is 57.2 Å². The van der Waals surface area contributed by atoms with Gasteiger partial charge in [-0.15, -0.1) is 0 Å². The van der Waals surface area contributed by atoms with Crippen molar-refractivity contribution in [3.8, 4) is 22.3 Å². The molecular weight excluding hydrogens is 615 g/mol. The van der Waals surface area contributed by atoms with Gasteiger partial charge in [0.25, 0.3) is 6.71 Å². The fourth-order valence-corrected chi connectivity index (χ4v) is 8.28. The van der Waals surface area contributed by atoms with E-state index in [2.05, 4.69) is 191 Å². The number of nitrogens with zero attached hydrogens (tertiary/aromatic N) is 2. The van der Waals surface area contributed by atoms with Gasteiger partial charge in [0.2, 0.25) is 0 Å². The smallest absolute Gasteiger partial charge is 0.252 e. The van der Waals surface area contributed by atoms with Gasteiger partial charge in [-0.05, 0) is 123 Å². The lowest BCUT2D eigenvalue weighted by Gasteiger charge is -2.45. The Bertz CT molecular complexity index is 2490. The predicted octanol–water partition coefficient (Wildman–Crippen LogP) is 11.0. The third-order valence-electron chi connectivity index (χ3n) is 10.8. The molecule has 2 aliphatic heterocycles. The number of anilines is 6. The van der Waals surface area contributed by atoms with Crippen LogP contribution in [-0.2, 0) is 0 Å². The molecule has 0 unspecified atom stereocenters. The second kappa shape index (κ2) is 11.9. The average molecular weight is 657 g/mol. The zero-order valence-electron chi connectivity index (χ0n) is 30.3. The molecule has 0 saturated carbocycles. The van der Waals surface area contributed by atoms with Gasteiger partial charge in [0, 0.05) is 34.0 Å². The topological polar surface area (TPSA) is 6.48 Å². The average Bonchev–Trinajstić information content (AvgIpc) is 3.12. The molecule has 2 heterocycles. The van der Waals surface area contributed by atoms with Crippen LogP contribution in [0.5, 0.6) is 0 Å². The highest BCUT2D eigenvalue weighted by atomic mass is 15.2. The van der Waals surface area contributed by atoms with E-state index in [1.54, 1.807) is 0 Å². The largest absolute Gasteiger partial charge is 0.311 e. The SMILES string of the molecule is Cc1ccc(-c2cc(C)ccc2N2c3ccc(C)cc3B3c4cc(C)ccc4N(c4ccc(C)cc4)c4cc(-c5cccc(C)c5)cc2c43)cc1. The van der Waals surface area contributed by atoms with Crippen LogP contribution in [0.4, 0.5) is 34.1 Å². The fourth-order valence-electron chi connectivity index (χ4n) is 8.28. The lowest BCUT2D eigenvalue weighted by atomic mass is 9.33. The second-order valence-corrected chi connectivity index (χ2v) is 14.7. The highest BCUT2D eigenvalue weighted by Crippen LogP contribution is 2.48. The first-order valence-electron chi connectivity index (χ1n) is 18.0. The van der Waals surface area contributed by atoms with Gasteiger partial charge < -0.3 is 9.80 Å². The van der Waals surface area contributed by atoms with Crippen LogP contribution in [0.15, 0.2) is 140 Å². The zero-order valence-corrected chi connectivity index (χ0v) is 30.3. The van der Waals surface area contributed by atoms with Crippen molar-refractivity contribution in [2.45, 2.75) is 41.5 Å². The Morgan fingerprint density at radius 3 is 1.49 bits per heavy atom. The summed E-state index contributed by atoms with van der Waals surface area (Å²) in [6.07, 6.45) is 0. The Kier molecular flexibility index (Phi) is 7.29. The monoisotopic (exact) mass is 656 g/mol. The number of hydrogen-bond donors (Lipinski definition) is 0. The summed E-state index contributed by atoms with van der Waals surface area (Å²) in [6, 6.07) is 52.9. The number of aryl methyl sites for hydroxylation is 6. The van der Waals surface area contributed by atoms with Gasteiger partial charge in [0.05, 0.1) is 5.69 Å². The zero-order chi connectivity index (χ0) is 35.0. The lowest BCUT2D eigenvalue weighted by Crippen LogP contribution is -2.61. The quantitative estimate of drug-likeness (QED) is 0.174. The molecule has 51 heavy (non-hydrogen) atoms. The van der Waals surface area contributed by atoms with Gasteiger partial charge in [-0.25, -0.2) is 0 Å². The van der Waals surface area contributed by atoms with Crippen molar-refractivity contribution in [3.05, 3.63) is 173 Å². The Hall–Kier alpha value is -5.80. The van der Waals surface area contributed by atoms with Crippen molar-refractivity contribution < 1.29 is 0 Å². The van der Waals surface area contributed by atoms with Crippen molar-refractivity contribution in [2.24, 2.45) is 0 Å². The first kappa shape index (κ1) is 31.2. The highest BCUT2D eigenvalue weighted by Gasteiger charge is 2.44. The molecule has 0 radical (unpaired) electrons. The summed E-state index contributed by atoms with van der Waals surface area (Å²) in [6.45, 7) is 13.2. The highest BCUT2D eigenvalue weighted by molar-refractivity contribution is 7.00. The van der Waals surface area contributed by atoms with Gasteiger partial charge in [-0.2, -0.15) is 0 Å². The molecule has 0 aromatic heterocycles. The molecule has 0 N–H and O–H groups in total. The van der Waals surface area contributed by atoms with Gasteiger partial charge in [0.15, 0.2) is 0 Å². The number of rotatable bonds is 4. The Morgan fingerprint density at radius 2 is 0.863 bits per heavy atom. The van der Waals surface area contributed by atoms with Gasteiger partial charge >= 0.3 is 0 Å². The normalized spacial score (nSPS) is 12.8. The molecule has 0 saturated heterocycles. The second-order valence-electron chi connectivity index (χ2n) is 14.7. The first-order chi connectivity index (χ1) is 24.7. The van der Waals surface area contributed by atoms with Crippen molar-refractivity contribution in [1.29, 1.82) is 0 Å². The lowest BCUT2D eigenvalue weighted by molar-refractivity contribution is 1.24. The van der Waals surface area contributed by atoms with Crippen molar-refractivity contribution in [3.63, 3.8) is 0 Å². The molecular formula is C48H41BN2. The van der Waals surface area contributed by atoms with E-state index in [4.69, 9.17) is 0 Å². The third-order valence-corrected chi connectivity index (χ3v) is 10.8. The summed E-state index contributed by atoms with van der Waals surface area (Å²) in [5.74, 6) is 0. The van der Waals surface area contributed by atoms with E-state index in [9.17, 15) is 0 Å². The van der Waals surface area contributed by atoms with Crippen LogP contribution in [0.25, 0.3) is 22.3 Å². The van der Waals surface area contributed by atoms with Crippen molar-refractivity contribution in [1.82, 2.24) is 0 Å². The van der Waals surface area contributed by atoms with Crippen LogP contribution in [-0.4, -0.2) is 6.71 Å². The van der Waals surface area contributed by atoms with Gasteiger partial charge in [-0.1, -0.05) is 124 Å². The van der Waals surface area contributed by atoms with E-state index < -0.39 is 0 Å². The minimum atomic E-state index is 0.0811. The summed E-state index contributed by atoms with van der Waals surface area (Å²) in [5, 5.41) is 0. The summed E-state index contributed by atoms with van der Waals surface area (Å²) in [5.41, 5.74) is 23.8. The third kappa shape index (κ3) is 5.19. The molecule has 7 aromatic rings. The molecule has 7 aromatic carbocycles. The maximum atomic E-state index is 2.56. The fraction of sp³-hybridized carbons (Fsp3) is 0.125. The number of fused-ring (bicyclic) bond motifs is 4. The molecule has 0 aliphatic carbocycles. The van der Waals surface area contributed by atoms with E-state index >= 15 is 0 Å². The maximum absolute atomic E-state index is 2.56. The molecule has 9 rings (SSSR count). The summed E-state index contributed by atoms with van der Waals surface area (Å²) < 4.78 is 0. The standard InChI is InChI=1S/C48H41BN2/c1-30-10-17-36(18-11-30)40-25-33(4)14-21-43(40)51-45-23-16-35(6)27-42(45)49-41-26-34(5)15-22-44(41)50(39-19-12-31(2)13-20-39)46-28-38(29-47(51)48(46)49)37-9-7-8-32(3)24-37/h7-29H,1-6H3. The Labute approximate surface area is 302 Å². The summed E-state index contributed by atoms with van der Waals surface area (Å²) in [7, 11) is 0. The van der Waals surface area contributed by atoms with Crippen LogP contribution in [0.1, 0.15) is 33.4 Å².